The molecular weight excluding hydrogens is 390 g/mol. The van der Waals surface area contributed by atoms with Crippen LogP contribution in [0.2, 0.25) is 0 Å². The summed E-state index contributed by atoms with van der Waals surface area (Å²) < 4.78 is 6.11. The van der Waals surface area contributed by atoms with Crippen molar-refractivity contribution < 1.29 is 19.7 Å². The zero-order chi connectivity index (χ0) is 21.8. The van der Waals surface area contributed by atoms with Crippen LogP contribution >= 0.6 is 0 Å². The average Bonchev–Trinajstić information content (AvgIpc) is 2.67. The zero-order valence-corrected chi connectivity index (χ0v) is 18.9. The van der Waals surface area contributed by atoms with Gasteiger partial charge in [0.1, 0.15) is 18.0 Å². The summed E-state index contributed by atoms with van der Waals surface area (Å²) in [6.45, 7) is 5.26. The molecule has 170 valence electrons. The van der Waals surface area contributed by atoms with Crippen LogP contribution in [0, 0.1) is 17.3 Å². The maximum atomic E-state index is 13.2. The first-order chi connectivity index (χ1) is 14.7. The van der Waals surface area contributed by atoms with Crippen LogP contribution in [0.4, 0.5) is 0 Å². The van der Waals surface area contributed by atoms with Gasteiger partial charge in [-0.15, -0.1) is 0 Å². The van der Waals surface area contributed by atoms with Gasteiger partial charge in [-0.25, -0.2) is 0 Å². The van der Waals surface area contributed by atoms with Crippen molar-refractivity contribution in [3.05, 3.63) is 29.8 Å². The van der Waals surface area contributed by atoms with Crippen molar-refractivity contribution in [2.75, 3.05) is 13.1 Å². The van der Waals surface area contributed by atoms with Crippen molar-refractivity contribution in [3.63, 3.8) is 0 Å². The maximum Gasteiger partial charge on any atom is 0.223 e. The van der Waals surface area contributed by atoms with Gasteiger partial charge in [-0.1, -0.05) is 26.0 Å². The molecule has 1 aromatic carbocycles. The second kappa shape index (κ2) is 7.77. The lowest BCUT2D eigenvalue weighted by Crippen LogP contribution is -2.57. The van der Waals surface area contributed by atoms with Gasteiger partial charge < -0.3 is 19.8 Å². The zero-order valence-electron chi connectivity index (χ0n) is 18.9. The first kappa shape index (κ1) is 21.3. The molecule has 1 amide bonds. The highest BCUT2D eigenvalue weighted by atomic mass is 16.5. The number of nitrogens with zero attached hydrogens (tertiary/aromatic N) is 1. The summed E-state index contributed by atoms with van der Waals surface area (Å²) in [6, 6.07) is 8.08. The summed E-state index contributed by atoms with van der Waals surface area (Å²) in [4.78, 5) is 15.0. The lowest BCUT2D eigenvalue weighted by atomic mass is 9.47. The number of piperidine rings is 1. The van der Waals surface area contributed by atoms with Crippen molar-refractivity contribution in [1.29, 1.82) is 0 Å². The van der Waals surface area contributed by atoms with Crippen LogP contribution in [0.15, 0.2) is 24.3 Å². The van der Waals surface area contributed by atoms with Gasteiger partial charge in [0, 0.05) is 19.4 Å². The summed E-state index contributed by atoms with van der Waals surface area (Å²) >= 11 is 0. The predicted molar refractivity (Wildman–Crippen MR) is 119 cm³/mol. The number of β-amino-alcohol motifs (C(OH)–C–C–N with tert-alkyl or cyclic N) is 1. The molecule has 1 aromatic rings. The summed E-state index contributed by atoms with van der Waals surface area (Å²) in [5.74, 6) is 2.54. The summed E-state index contributed by atoms with van der Waals surface area (Å²) in [7, 11) is 0. The summed E-state index contributed by atoms with van der Waals surface area (Å²) in [5, 5.41) is 21.7. The van der Waals surface area contributed by atoms with Gasteiger partial charge in [0.2, 0.25) is 5.91 Å². The number of ether oxygens (including phenoxy) is 1. The molecule has 4 atom stereocenters. The van der Waals surface area contributed by atoms with E-state index in [0.29, 0.717) is 43.7 Å². The van der Waals surface area contributed by atoms with Gasteiger partial charge in [0.15, 0.2) is 0 Å². The number of aliphatic hydroxyl groups excluding tert-OH is 1. The molecule has 1 saturated heterocycles. The van der Waals surface area contributed by atoms with E-state index in [1.807, 2.05) is 23.1 Å². The fraction of sp³-hybridized carbons (Fsp3) is 0.731. The first-order valence-electron chi connectivity index (χ1n) is 12.2. The molecular formula is C26H37NO4. The Morgan fingerprint density at radius 3 is 2.61 bits per heavy atom. The molecule has 5 aliphatic rings. The van der Waals surface area contributed by atoms with Gasteiger partial charge >= 0.3 is 0 Å². The number of likely N-dealkylation sites (tertiary alicyclic amines) is 1. The van der Waals surface area contributed by atoms with Crippen molar-refractivity contribution >= 4 is 5.91 Å². The van der Waals surface area contributed by atoms with Crippen LogP contribution in [0.5, 0.6) is 5.75 Å². The molecule has 0 aromatic heterocycles. The number of aliphatic hydroxyl groups is 2. The third-order valence-corrected chi connectivity index (χ3v) is 8.36. The summed E-state index contributed by atoms with van der Waals surface area (Å²) in [6.07, 6.45) is 6.26. The van der Waals surface area contributed by atoms with Gasteiger partial charge in [-0.05, 0) is 79.4 Å². The largest absolute Gasteiger partial charge is 0.488 e. The smallest absolute Gasteiger partial charge is 0.223 e. The molecule has 5 heteroatoms. The number of benzene rings is 1. The second-order valence-corrected chi connectivity index (χ2v) is 11.4. The van der Waals surface area contributed by atoms with Crippen LogP contribution in [0.25, 0.3) is 0 Å². The van der Waals surface area contributed by atoms with E-state index in [1.54, 1.807) is 0 Å². The minimum atomic E-state index is -0.680. The number of hydrogen-bond donors (Lipinski definition) is 2. The molecule has 31 heavy (non-hydrogen) atoms. The van der Waals surface area contributed by atoms with E-state index in [4.69, 9.17) is 4.74 Å². The van der Waals surface area contributed by atoms with E-state index in [0.717, 1.165) is 37.9 Å². The molecule has 0 spiro atoms. The van der Waals surface area contributed by atoms with Crippen molar-refractivity contribution in [3.8, 4) is 5.75 Å². The van der Waals surface area contributed by atoms with Gasteiger partial charge in [0.05, 0.1) is 12.1 Å². The normalized spacial score (nSPS) is 39.2. The second-order valence-electron chi connectivity index (χ2n) is 11.4. The van der Waals surface area contributed by atoms with E-state index < -0.39 is 11.7 Å². The van der Waals surface area contributed by atoms with Crippen LogP contribution < -0.4 is 4.74 Å². The van der Waals surface area contributed by atoms with Crippen LogP contribution in [0.1, 0.15) is 76.7 Å². The van der Waals surface area contributed by atoms with E-state index in [1.165, 1.54) is 12.0 Å². The Bertz CT molecular complexity index is 822. The third kappa shape index (κ3) is 4.23. The highest BCUT2D eigenvalue weighted by molar-refractivity contribution is 5.77. The SMILES string of the molecule is CC(C)c1cccc(O[C@@H]2CCN(C(=O)CC34CC5CC(CC(O)(C5)C3)C4)C[C@H]2O)c1. The Hall–Kier alpha value is -1.59. The van der Waals surface area contributed by atoms with Crippen molar-refractivity contribution in [2.24, 2.45) is 17.3 Å². The molecule has 0 radical (unpaired) electrons. The molecule has 6 rings (SSSR count). The quantitative estimate of drug-likeness (QED) is 0.748. The highest BCUT2D eigenvalue weighted by Gasteiger charge is 2.57. The van der Waals surface area contributed by atoms with Gasteiger partial charge in [-0.2, -0.15) is 0 Å². The highest BCUT2D eigenvalue weighted by Crippen LogP contribution is 2.62. The fourth-order valence-electron chi connectivity index (χ4n) is 7.44. The van der Waals surface area contributed by atoms with Crippen LogP contribution in [-0.4, -0.2) is 51.9 Å². The van der Waals surface area contributed by atoms with E-state index in [-0.39, 0.29) is 17.4 Å². The Balaban J connectivity index is 1.19. The summed E-state index contributed by atoms with van der Waals surface area (Å²) in [5.41, 5.74) is 0.664. The Labute approximate surface area is 185 Å². The minimum Gasteiger partial charge on any atom is -0.488 e. The molecule has 1 aliphatic heterocycles. The van der Waals surface area contributed by atoms with E-state index in [2.05, 4.69) is 19.9 Å². The lowest BCUT2D eigenvalue weighted by molar-refractivity contribution is -0.173. The number of carbonyl (C=O) groups is 1. The monoisotopic (exact) mass is 427 g/mol. The lowest BCUT2D eigenvalue weighted by Gasteiger charge is -2.60. The number of amides is 1. The molecule has 4 saturated carbocycles. The van der Waals surface area contributed by atoms with Crippen molar-refractivity contribution in [1.82, 2.24) is 4.90 Å². The average molecular weight is 428 g/mol. The minimum absolute atomic E-state index is 0.0223. The number of carbonyl (C=O) groups excluding carboxylic acids is 1. The molecule has 5 nitrogen and oxygen atoms in total. The molecule has 2 N–H and O–H groups in total. The third-order valence-electron chi connectivity index (χ3n) is 8.36. The fourth-order valence-corrected chi connectivity index (χ4v) is 7.44. The Morgan fingerprint density at radius 2 is 1.97 bits per heavy atom. The van der Waals surface area contributed by atoms with Crippen LogP contribution in [0.3, 0.4) is 0 Å². The molecule has 4 bridgehead atoms. The maximum absolute atomic E-state index is 13.2. The van der Waals surface area contributed by atoms with Gasteiger partial charge in [0.25, 0.3) is 0 Å². The topological polar surface area (TPSA) is 70.0 Å². The Morgan fingerprint density at radius 1 is 1.23 bits per heavy atom. The molecule has 5 fully saturated rings. The predicted octanol–water partition coefficient (Wildman–Crippen LogP) is 3.87. The molecule has 2 unspecified atom stereocenters. The van der Waals surface area contributed by atoms with Gasteiger partial charge in [-0.3, -0.25) is 4.79 Å². The Kier molecular flexibility index (Phi) is 5.33. The van der Waals surface area contributed by atoms with E-state index in [9.17, 15) is 15.0 Å². The first-order valence-corrected chi connectivity index (χ1v) is 12.2. The molecule has 4 aliphatic carbocycles. The van der Waals surface area contributed by atoms with Crippen LogP contribution in [-0.2, 0) is 4.79 Å². The molecule has 1 heterocycles. The van der Waals surface area contributed by atoms with E-state index >= 15 is 0 Å². The van der Waals surface area contributed by atoms with Crippen molar-refractivity contribution in [2.45, 2.75) is 88.9 Å². The number of rotatable bonds is 5. The standard InChI is InChI=1S/C26H37NO4/c1-17(2)20-4-3-5-21(9-20)31-23-6-7-27(15-22(23)28)24(29)14-25-10-18-8-19(11-25)13-26(30,12-18)16-25/h3-5,9,17-19,22-23,28,30H,6-8,10-16H2,1-2H3/t18?,19?,22-,23-,25?,26?/m1/s1. The number of hydrogen-bond acceptors (Lipinski definition) is 4.